The first-order valence-electron chi connectivity index (χ1n) is 12.4. The lowest BCUT2D eigenvalue weighted by Crippen LogP contribution is -2.58. The van der Waals surface area contributed by atoms with Crippen molar-refractivity contribution in [3.8, 4) is 0 Å². The van der Waals surface area contributed by atoms with Gasteiger partial charge in [0, 0.05) is 6.42 Å². The van der Waals surface area contributed by atoms with Gasteiger partial charge in [0.05, 0.1) is 12.2 Å². The minimum absolute atomic E-state index is 0.0529. The summed E-state index contributed by atoms with van der Waals surface area (Å²) in [5.74, 6) is 1.46. The Bertz CT molecular complexity index is 828. The monoisotopic (exact) mass is 472 g/mol. The standard InChI is InChI=1S/C24H40O7S/c1-14(4-7-21(26)27)17-5-6-18-22-19(9-11-24(17,18)3)23(2)10-8-16(31-32(28,29)30)12-15(23)13-20(22)25/h14-20,22,25H,4-13H2,1-3H3,(H,26,27)(H,28,29,30)/t14-,15+,16-,17-,18+,19+,20+,22+,23+,24-/m1/s1. The molecule has 4 saturated carbocycles. The summed E-state index contributed by atoms with van der Waals surface area (Å²) in [6.07, 6.45) is 7.11. The maximum atomic E-state index is 11.4. The highest BCUT2D eigenvalue weighted by molar-refractivity contribution is 7.80. The van der Waals surface area contributed by atoms with Crippen LogP contribution in [0.2, 0.25) is 0 Å². The zero-order chi connectivity index (χ0) is 23.5. The van der Waals surface area contributed by atoms with Crippen molar-refractivity contribution in [3.63, 3.8) is 0 Å². The number of hydrogen-bond acceptors (Lipinski definition) is 5. The third-order valence-corrected chi connectivity index (χ3v) is 11.0. The fraction of sp³-hybridized carbons (Fsp3) is 0.958. The van der Waals surface area contributed by atoms with Crippen LogP contribution in [0.15, 0.2) is 0 Å². The number of fused-ring (bicyclic) bond motifs is 5. The predicted molar refractivity (Wildman–Crippen MR) is 119 cm³/mol. The van der Waals surface area contributed by atoms with E-state index in [0.717, 1.165) is 32.1 Å². The Morgan fingerprint density at radius 3 is 2.38 bits per heavy atom. The first-order chi connectivity index (χ1) is 14.8. The van der Waals surface area contributed by atoms with Crippen LogP contribution in [-0.4, -0.2) is 41.4 Å². The lowest BCUT2D eigenvalue weighted by molar-refractivity contribution is -0.172. The second-order valence-electron chi connectivity index (χ2n) is 11.9. The van der Waals surface area contributed by atoms with E-state index in [4.69, 9.17) is 13.8 Å². The van der Waals surface area contributed by atoms with Crippen molar-refractivity contribution >= 4 is 16.4 Å². The van der Waals surface area contributed by atoms with Gasteiger partial charge >= 0.3 is 16.4 Å². The lowest BCUT2D eigenvalue weighted by atomic mass is 9.43. The molecule has 0 aromatic carbocycles. The second-order valence-corrected chi connectivity index (χ2v) is 12.9. The molecule has 10 atom stereocenters. The van der Waals surface area contributed by atoms with Gasteiger partial charge in [-0.05, 0) is 104 Å². The number of aliphatic hydroxyl groups is 1. The third kappa shape index (κ3) is 4.25. The Kier molecular flexibility index (Phi) is 6.49. The molecular formula is C24H40O7S. The molecule has 4 aliphatic rings. The summed E-state index contributed by atoms with van der Waals surface area (Å²) in [6.45, 7) is 6.93. The molecule has 3 N–H and O–H groups in total. The van der Waals surface area contributed by atoms with Crippen LogP contribution in [0.5, 0.6) is 0 Å². The quantitative estimate of drug-likeness (QED) is 0.493. The second kappa shape index (κ2) is 8.51. The first-order valence-corrected chi connectivity index (χ1v) is 13.8. The van der Waals surface area contributed by atoms with Crippen LogP contribution in [-0.2, 0) is 19.4 Å². The van der Waals surface area contributed by atoms with Crippen LogP contribution >= 0.6 is 0 Å². The molecule has 0 saturated heterocycles. The molecule has 0 heterocycles. The average Bonchev–Trinajstić information content (AvgIpc) is 3.03. The topological polar surface area (TPSA) is 121 Å². The zero-order valence-electron chi connectivity index (χ0n) is 19.6. The van der Waals surface area contributed by atoms with Gasteiger partial charge in [-0.1, -0.05) is 20.8 Å². The van der Waals surface area contributed by atoms with Crippen molar-refractivity contribution in [2.24, 2.45) is 46.3 Å². The van der Waals surface area contributed by atoms with Gasteiger partial charge in [0.2, 0.25) is 0 Å². The Labute approximate surface area is 192 Å². The van der Waals surface area contributed by atoms with E-state index in [2.05, 4.69) is 20.8 Å². The smallest absolute Gasteiger partial charge is 0.397 e. The summed E-state index contributed by atoms with van der Waals surface area (Å²) < 4.78 is 36.4. The number of carbonyl (C=O) groups is 1. The van der Waals surface area contributed by atoms with Crippen LogP contribution in [0.1, 0.15) is 85.0 Å². The number of aliphatic carboxylic acids is 1. The molecule has 0 unspecified atom stereocenters. The van der Waals surface area contributed by atoms with Crippen LogP contribution in [0, 0.1) is 46.3 Å². The molecule has 4 aliphatic carbocycles. The van der Waals surface area contributed by atoms with Crippen LogP contribution in [0.4, 0.5) is 0 Å². The van der Waals surface area contributed by atoms with Crippen molar-refractivity contribution < 1.29 is 32.2 Å². The molecule has 4 rings (SSSR count). The molecule has 0 amide bonds. The lowest BCUT2D eigenvalue weighted by Gasteiger charge is -2.62. The van der Waals surface area contributed by atoms with Crippen molar-refractivity contribution in [1.29, 1.82) is 0 Å². The minimum atomic E-state index is -4.46. The maximum absolute atomic E-state index is 11.4. The summed E-state index contributed by atoms with van der Waals surface area (Å²) in [7, 11) is -4.46. The van der Waals surface area contributed by atoms with E-state index >= 15 is 0 Å². The van der Waals surface area contributed by atoms with Crippen molar-refractivity contribution in [2.75, 3.05) is 0 Å². The van der Waals surface area contributed by atoms with E-state index in [1.165, 1.54) is 0 Å². The minimum Gasteiger partial charge on any atom is -0.481 e. The highest BCUT2D eigenvalue weighted by atomic mass is 32.3. The molecule has 0 radical (unpaired) electrons. The zero-order valence-corrected chi connectivity index (χ0v) is 20.4. The fourth-order valence-corrected chi connectivity index (χ4v) is 9.49. The number of rotatable bonds is 6. The largest absolute Gasteiger partial charge is 0.481 e. The van der Waals surface area contributed by atoms with E-state index in [-0.39, 0.29) is 29.1 Å². The molecule has 0 spiro atoms. The van der Waals surface area contributed by atoms with Gasteiger partial charge in [0.15, 0.2) is 0 Å². The highest BCUT2D eigenvalue weighted by Crippen LogP contribution is 2.68. The van der Waals surface area contributed by atoms with E-state index in [0.29, 0.717) is 49.4 Å². The number of carboxylic acid groups (broad SMARTS) is 1. The first kappa shape index (κ1) is 24.4. The maximum Gasteiger partial charge on any atom is 0.397 e. The molecule has 0 aromatic rings. The Morgan fingerprint density at radius 2 is 1.72 bits per heavy atom. The summed E-state index contributed by atoms with van der Waals surface area (Å²) in [5.41, 5.74) is 0.200. The molecule has 184 valence electrons. The number of hydrogen-bond donors (Lipinski definition) is 3. The molecule has 7 nitrogen and oxygen atoms in total. The van der Waals surface area contributed by atoms with E-state index in [9.17, 15) is 18.3 Å². The van der Waals surface area contributed by atoms with Gasteiger partial charge in [-0.3, -0.25) is 9.35 Å². The van der Waals surface area contributed by atoms with E-state index in [1.54, 1.807) is 0 Å². The van der Waals surface area contributed by atoms with Crippen molar-refractivity contribution in [1.82, 2.24) is 0 Å². The number of carboxylic acids is 1. The normalized spacial score (nSPS) is 47.2. The SMILES string of the molecule is C[C@H](CCC(=O)O)[C@H]1CC[C@H]2[C@@H]3[C@@H](O)C[C@@H]4C[C@H](OS(=O)(=O)O)CC[C@]4(C)[C@H]3CC[C@]12C. The van der Waals surface area contributed by atoms with Crippen molar-refractivity contribution in [2.45, 2.75) is 97.2 Å². The van der Waals surface area contributed by atoms with Gasteiger partial charge in [0.25, 0.3) is 0 Å². The Morgan fingerprint density at radius 1 is 1.06 bits per heavy atom. The molecule has 0 aliphatic heterocycles. The fourth-order valence-electron chi connectivity index (χ4n) is 8.97. The summed E-state index contributed by atoms with van der Waals surface area (Å²) >= 11 is 0. The van der Waals surface area contributed by atoms with Crippen LogP contribution in [0.3, 0.4) is 0 Å². The van der Waals surface area contributed by atoms with Gasteiger partial charge in [-0.2, -0.15) is 8.42 Å². The van der Waals surface area contributed by atoms with E-state index < -0.39 is 28.6 Å². The Hall–Kier alpha value is -0.700. The molecule has 4 fully saturated rings. The van der Waals surface area contributed by atoms with Gasteiger partial charge in [-0.15, -0.1) is 0 Å². The predicted octanol–water partition coefficient (Wildman–Crippen LogP) is 4.31. The summed E-state index contributed by atoms with van der Waals surface area (Å²) in [5, 5.41) is 20.5. The summed E-state index contributed by atoms with van der Waals surface area (Å²) in [6, 6.07) is 0. The average molecular weight is 473 g/mol. The molecule has 32 heavy (non-hydrogen) atoms. The molecule has 0 aromatic heterocycles. The Balaban J connectivity index is 1.52. The van der Waals surface area contributed by atoms with Gasteiger partial charge in [0.1, 0.15) is 0 Å². The van der Waals surface area contributed by atoms with Gasteiger partial charge in [-0.25, -0.2) is 4.18 Å². The van der Waals surface area contributed by atoms with Crippen molar-refractivity contribution in [3.05, 3.63) is 0 Å². The number of aliphatic hydroxyl groups excluding tert-OH is 1. The van der Waals surface area contributed by atoms with E-state index in [1.807, 2.05) is 0 Å². The summed E-state index contributed by atoms with van der Waals surface area (Å²) in [4.78, 5) is 11.1. The molecule has 8 heteroatoms. The molecule has 0 bridgehead atoms. The highest BCUT2D eigenvalue weighted by Gasteiger charge is 2.63. The van der Waals surface area contributed by atoms with Crippen LogP contribution < -0.4 is 0 Å². The molecular weight excluding hydrogens is 432 g/mol. The third-order valence-electron chi connectivity index (χ3n) is 10.5. The van der Waals surface area contributed by atoms with Gasteiger partial charge < -0.3 is 10.2 Å². The van der Waals surface area contributed by atoms with Crippen LogP contribution in [0.25, 0.3) is 0 Å².